The number of aromatic nitrogens is 2. The van der Waals surface area contributed by atoms with E-state index in [1.807, 2.05) is 54.6 Å². The highest BCUT2D eigenvalue weighted by Crippen LogP contribution is 2.29. The second-order valence-corrected chi connectivity index (χ2v) is 4.96. The number of rotatable bonds is 3. The summed E-state index contributed by atoms with van der Waals surface area (Å²) in [5, 5.41) is 5.27. The van der Waals surface area contributed by atoms with Crippen molar-refractivity contribution in [2.75, 3.05) is 0 Å². The van der Waals surface area contributed by atoms with Gasteiger partial charge in [-0.3, -0.25) is 4.68 Å². The van der Waals surface area contributed by atoms with Crippen molar-refractivity contribution in [3.05, 3.63) is 54.6 Å². The first-order valence-corrected chi connectivity index (χ1v) is 6.43. The van der Waals surface area contributed by atoms with Crippen molar-refractivity contribution in [1.29, 1.82) is 0 Å². The van der Waals surface area contributed by atoms with E-state index in [1.165, 1.54) is 4.68 Å². The van der Waals surface area contributed by atoms with Gasteiger partial charge in [0.2, 0.25) is 0 Å². The van der Waals surface area contributed by atoms with E-state index < -0.39 is 12.5 Å². The molecule has 0 radical (unpaired) electrons. The molecule has 0 amide bonds. The van der Waals surface area contributed by atoms with Crippen LogP contribution >= 0.6 is 0 Å². The highest BCUT2D eigenvalue weighted by molar-refractivity contribution is 5.93. The molecule has 0 atom stereocenters. The molecule has 3 aromatic rings. The zero-order chi connectivity index (χ0) is 14.2. The zero-order valence-electron chi connectivity index (χ0n) is 11.1. The first-order chi connectivity index (χ1) is 9.54. The zero-order valence-corrected chi connectivity index (χ0v) is 11.1. The van der Waals surface area contributed by atoms with Gasteiger partial charge in [-0.15, -0.1) is 0 Å². The predicted molar refractivity (Wildman–Crippen MR) is 75.8 cm³/mol. The molecule has 4 heteroatoms. The quantitative estimate of drug-likeness (QED) is 0.692. The topological polar surface area (TPSA) is 17.8 Å². The van der Waals surface area contributed by atoms with E-state index in [9.17, 15) is 8.78 Å². The minimum Gasteiger partial charge on any atom is -0.258 e. The number of benzene rings is 2. The van der Waals surface area contributed by atoms with Gasteiger partial charge in [0.05, 0.1) is 5.52 Å². The number of hydrogen-bond donors (Lipinski definition) is 0. The van der Waals surface area contributed by atoms with Crippen molar-refractivity contribution in [1.82, 2.24) is 9.78 Å². The minimum atomic E-state index is -2.79. The SMILES string of the molecule is CC(F)(F)Cn1nc(-c2ccccc2)c2ccccc21. The third kappa shape index (κ3) is 2.41. The fraction of sp³-hybridized carbons (Fsp3) is 0.188. The molecule has 0 aliphatic heterocycles. The smallest absolute Gasteiger partial charge is 0.258 e. The first-order valence-electron chi connectivity index (χ1n) is 6.43. The van der Waals surface area contributed by atoms with E-state index >= 15 is 0 Å². The molecule has 2 nitrogen and oxygen atoms in total. The Morgan fingerprint density at radius 2 is 1.65 bits per heavy atom. The molecule has 0 aliphatic carbocycles. The molecule has 2 aromatic carbocycles. The van der Waals surface area contributed by atoms with Gasteiger partial charge in [0.25, 0.3) is 5.92 Å². The molecule has 0 saturated carbocycles. The van der Waals surface area contributed by atoms with Crippen LogP contribution < -0.4 is 0 Å². The average Bonchev–Trinajstić information content (AvgIpc) is 2.77. The van der Waals surface area contributed by atoms with Crippen molar-refractivity contribution in [2.24, 2.45) is 0 Å². The Labute approximate surface area is 115 Å². The summed E-state index contributed by atoms with van der Waals surface area (Å²) in [5.74, 6) is -2.79. The fourth-order valence-corrected chi connectivity index (χ4v) is 2.32. The van der Waals surface area contributed by atoms with Crippen LogP contribution in [0, 0.1) is 0 Å². The van der Waals surface area contributed by atoms with Crippen molar-refractivity contribution in [2.45, 2.75) is 19.4 Å². The molecular formula is C16H14F2N2. The molecule has 0 spiro atoms. The molecule has 1 heterocycles. The van der Waals surface area contributed by atoms with Gasteiger partial charge in [-0.1, -0.05) is 48.5 Å². The minimum absolute atomic E-state index is 0.416. The molecule has 0 aliphatic rings. The van der Waals surface area contributed by atoms with Gasteiger partial charge in [-0.25, -0.2) is 8.78 Å². The van der Waals surface area contributed by atoms with Crippen LogP contribution in [0.5, 0.6) is 0 Å². The summed E-state index contributed by atoms with van der Waals surface area (Å²) in [6, 6.07) is 17.1. The number of fused-ring (bicyclic) bond motifs is 1. The summed E-state index contributed by atoms with van der Waals surface area (Å²) >= 11 is 0. The van der Waals surface area contributed by atoms with Crippen LogP contribution in [-0.4, -0.2) is 15.7 Å². The van der Waals surface area contributed by atoms with Crippen LogP contribution in [0.1, 0.15) is 6.92 Å². The summed E-state index contributed by atoms with van der Waals surface area (Å²) in [5.41, 5.74) is 2.40. The Morgan fingerprint density at radius 1 is 1.00 bits per heavy atom. The van der Waals surface area contributed by atoms with Crippen LogP contribution in [-0.2, 0) is 6.54 Å². The monoisotopic (exact) mass is 272 g/mol. The fourth-order valence-electron chi connectivity index (χ4n) is 2.32. The van der Waals surface area contributed by atoms with E-state index in [4.69, 9.17) is 0 Å². The van der Waals surface area contributed by atoms with Gasteiger partial charge in [-0.2, -0.15) is 5.10 Å². The van der Waals surface area contributed by atoms with E-state index in [2.05, 4.69) is 5.10 Å². The third-order valence-corrected chi connectivity index (χ3v) is 3.13. The molecular weight excluding hydrogens is 258 g/mol. The lowest BCUT2D eigenvalue weighted by Gasteiger charge is -2.10. The molecule has 0 unspecified atom stereocenters. The predicted octanol–water partition coefficient (Wildman–Crippen LogP) is 4.36. The lowest BCUT2D eigenvalue weighted by molar-refractivity contribution is 0.00189. The summed E-state index contributed by atoms with van der Waals surface area (Å²) in [7, 11) is 0. The highest BCUT2D eigenvalue weighted by Gasteiger charge is 2.24. The summed E-state index contributed by atoms with van der Waals surface area (Å²) < 4.78 is 28.0. The van der Waals surface area contributed by atoms with Gasteiger partial charge in [-0.05, 0) is 6.07 Å². The van der Waals surface area contributed by atoms with E-state index in [1.54, 1.807) is 0 Å². The van der Waals surface area contributed by atoms with Crippen LogP contribution in [0.4, 0.5) is 8.78 Å². The largest absolute Gasteiger partial charge is 0.264 e. The summed E-state index contributed by atoms with van der Waals surface area (Å²) in [4.78, 5) is 0. The maximum absolute atomic E-state index is 13.3. The Hall–Kier alpha value is -2.23. The third-order valence-electron chi connectivity index (χ3n) is 3.13. The molecule has 3 rings (SSSR count). The molecule has 102 valence electrons. The molecule has 20 heavy (non-hydrogen) atoms. The molecule has 0 N–H and O–H groups in total. The number of nitrogens with zero attached hydrogens (tertiary/aromatic N) is 2. The molecule has 0 fully saturated rings. The van der Waals surface area contributed by atoms with Gasteiger partial charge >= 0.3 is 0 Å². The van der Waals surface area contributed by atoms with E-state index in [0.29, 0.717) is 0 Å². The summed E-state index contributed by atoms with van der Waals surface area (Å²) in [6.45, 7) is 0.492. The average molecular weight is 272 g/mol. The van der Waals surface area contributed by atoms with Gasteiger partial charge in [0, 0.05) is 17.9 Å². The van der Waals surface area contributed by atoms with Crippen molar-refractivity contribution >= 4 is 10.9 Å². The number of alkyl halides is 2. The van der Waals surface area contributed by atoms with Crippen LogP contribution in [0.3, 0.4) is 0 Å². The normalized spacial score (nSPS) is 11.9. The van der Waals surface area contributed by atoms with Gasteiger partial charge < -0.3 is 0 Å². The Balaban J connectivity index is 2.19. The molecule has 1 aromatic heterocycles. The second kappa shape index (κ2) is 4.71. The Kier molecular flexibility index (Phi) is 3.01. The number of halogens is 2. The van der Waals surface area contributed by atoms with E-state index in [-0.39, 0.29) is 0 Å². The van der Waals surface area contributed by atoms with Crippen LogP contribution in [0.2, 0.25) is 0 Å². The number of hydrogen-bond acceptors (Lipinski definition) is 1. The molecule has 0 bridgehead atoms. The Morgan fingerprint density at radius 3 is 2.35 bits per heavy atom. The second-order valence-electron chi connectivity index (χ2n) is 4.96. The summed E-state index contributed by atoms with van der Waals surface area (Å²) in [6.07, 6.45) is 0. The van der Waals surface area contributed by atoms with Gasteiger partial charge in [0.15, 0.2) is 0 Å². The van der Waals surface area contributed by atoms with Crippen molar-refractivity contribution < 1.29 is 8.78 Å². The first kappa shape index (κ1) is 12.8. The standard InChI is InChI=1S/C16H14F2N2/c1-16(17,18)11-20-14-10-6-5-9-13(14)15(19-20)12-7-3-2-4-8-12/h2-10H,11H2,1H3. The van der Waals surface area contributed by atoms with Crippen molar-refractivity contribution in [3.63, 3.8) is 0 Å². The number of para-hydroxylation sites is 1. The van der Waals surface area contributed by atoms with E-state index in [0.717, 1.165) is 29.1 Å². The Bertz CT molecular complexity index is 727. The maximum atomic E-state index is 13.3. The lowest BCUT2D eigenvalue weighted by atomic mass is 10.1. The van der Waals surface area contributed by atoms with Crippen molar-refractivity contribution in [3.8, 4) is 11.3 Å². The highest BCUT2D eigenvalue weighted by atomic mass is 19.3. The van der Waals surface area contributed by atoms with Crippen LogP contribution in [0.25, 0.3) is 22.2 Å². The van der Waals surface area contributed by atoms with Crippen LogP contribution in [0.15, 0.2) is 54.6 Å². The lowest BCUT2D eigenvalue weighted by Crippen LogP contribution is -2.20. The molecule has 0 saturated heterocycles. The maximum Gasteiger partial charge on any atom is 0.264 e. The van der Waals surface area contributed by atoms with Gasteiger partial charge in [0.1, 0.15) is 12.2 Å².